The Bertz CT molecular complexity index is 785. The molecule has 5 aliphatic carbocycles. The predicted molar refractivity (Wildman–Crippen MR) is 195 cm³/mol. The molecule has 0 N–H and O–H groups in total. The van der Waals surface area contributed by atoms with Gasteiger partial charge < -0.3 is 0 Å². The highest BCUT2D eigenvalue weighted by Gasteiger charge is 2.72. The molecule has 0 aromatic rings. The van der Waals surface area contributed by atoms with Crippen molar-refractivity contribution in [2.24, 2.45) is 46.3 Å². The second-order valence-corrected chi connectivity index (χ2v) is 19.0. The van der Waals surface area contributed by atoms with Crippen molar-refractivity contribution in [2.75, 3.05) is 0 Å². The summed E-state index contributed by atoms with van der Waals surface area (Å²) < 4.78 is -0.459. The van der Waals surface area contributed by atoms with E-state index in [1.165, 1.54) is 199 Å². The topological polar surface area (TPSA) is 0 Å². The van der Waals surface area contributed by atoms with E-state index in [0.717, 1.165) is 35.5 Å². The van der Waals surface area contributed by atoms with Gasteiger partial charge in [0.15, 0.2) is 0 Å². The van der Waals surface area contributed by atoms with Gasteiger partial charge >= 0.3 is 0 Å². The highest BCUT2D eigenvalue weighted by Crippen LogP contribution is 2.77. The Morgan fingerprint density at radius 3 is 1.09 bits per heavy atom. The average molecular weight is 650 g/mol. The fraction of sp³-hybridized carbons (Fsp3) is 1.00. The minimum Gasteiger partial charge on any atom is -0.100 e. The van der Waals surface area contributed by atoms with Crippen molar-refractivity contribution < 1.29 is 0 Å². The predicted octanol–water partition coefficient (Wildman–Crippen LogP) is 15.0. The highest BCUT2D eigenvalue weighted by atomic mass is 35.5. The van der Waals surface area contributed by atoms with Gasteiger partial charge in [0.05, 0.1) is 0 Å². The molecule has 0 radical (unpaired) electrons. The molecule has 5 saturated carbocycles. The summed E-state index contributed by atoms with van der Waals surface area (Å²) in [6.07, 6.45) is 44.8. The lowest BCUT2D eigenvalue weighted by Gasteiger charge is -2.69. The number of halogens is 2. The normalized spacial score (nSPS) is 39.0. The van der Waals surface area contributed by atoms with Crippen LogP contribution in [-0.4, -0.2) is 4.33 Å². The summed E-state index contributed by atoms with van der Waals surface area (Å²) in [6.45, 7) is 4.65. The average Bonchev–Trinajstić information content (AvgIpc) is 3.06. The summed E-state index contributed by atoms with van der Waals surface area (Å²) in [5, 5.41) is 0. The van der Waals surface area contributed by atoms with Crippen LogP contribution in [0.2, 0.25) is 0 Å². The second kappa shape index (κ2) is 17.3. The van der Waals surface area contributed by atoms with E-state index in [9.17, 15) is 0 Å². The van der Waals surface area contributed by atoms with E-state index in [0.29, 0.717) is 0 Å². The molecular formula is C42H74Cl2. The van der Waals surface area contributed by atoms with Crippen LogP contribution in [0.15, 0.2) is 0 Å². The smallest absolute Gasteiger partial charge is 0.100 e. The minimum atomic E-state index is -0.459. The molecular weight excluding hydrogens is 575 g/mol. The van der Waals surface area contributed by atoms with Gasteiger partial charge in [-0.1, -0.05) is 129 Å². The van der Waals surface area contributed by atoms with Crippen molar-refractivity contribution in [3.05, 3.63) is 0 Å². The Balaban J connectivity index is 0.962. The molecule has 2 heteroatoms. The fourth-order valence-corrected chi connectivity index (χ4v) is 13.0. The molecule has 5 aliphatic rings. The quantitative estimate of drug-likeness (QED) is 0.115. The van der Waals surface area contributed by atoms with Crippen LogP contribution in [-0.2, 0) is 0 Å². The van der Waals surface area contributed by atoms with E-state index < -0.39 is 4.33 Å². The van der Waals surface area contributed by atoms with Crippen molar-refractivity contribution in [3.63, 3.8) is 0 Å². The maximum atomic E-state index is 7.52. The lowest BCUT2D eigenvalue weighted by molar-refractivity contribution is -0.122. The lowest BCUT2D eigenvalue weighted by Crippen LogP contribution is -2.66. The van der Waals surface area contributed by atoms with Crippen molar-refractivity contribution >= 4 is 23.2 Å². The molecule has 5 rings (SSSR count). The van der Waals surface area contributed by atoms with E-state index >= 15 is 0 Å². The molecule has 0 saturated heterocycles. The summed E-state index contributed by atoms with van der Waals surface area (Å²) in [5.74, 6) is 5.99. The van der Waals surface area contributed by atoms with Gasteiger partial charge in [-0.05, 0) is 119 Å². The van der Waals surface area contributed by atoms with Crippen LogP contribution in [0.25, 0.3) is 0 Å². The first kappa shape index (κ1) is 35.9. The van der Waals surface area contributed by atoms with Crippen LogP contribution in [0.4, 0.5) is 0 Å². The summed E-state index contributed by atoms with van der Waals surface area (Å²) in [5.41, 5.74) is 0.479. The first-order valence-electron chi connectivity index (χ1n) is 20.8. The standard InChI is InChI=1S/C42H74Cl2/c1-3-5-7-9-10-11-12-14-16-35-19-23-37(24-20-35)39-27-31-41(32-28-39)33-40(42(41,43)44)29-25-38(26-30-40)36-21-17-34(18-22-36)15-13-8-6-4-2/h34-39H,3-33H2,1-2H3/t34-,35-,36-,37-,38?,39?,40?,41?. The molecule has 0 nitrogen and oxygen atoms in total. The van der Waals surface area contributed by atoms with Gasteiger partial charge in [0.1, 0.15) is 4.33 Å². The molecule has 0 aromatic carbocycles. The minimum absolute atomic E-state index is 0.239. The zero-order valence-electron chi connectivity index (χ0n) is 29.6. The number of alkyl halides is 2. The maximum absolute atomic E-state index is 7.52. The van der Waals surface area contributed by atoms with E-state index in [-0.39, 0.29) is 10.8 Å². The molecule has 0 heterocycles. The first-order valence-corrected chi connectivity index (χ1v) is 21.6. The molecule has 5 fully saturated rings. The number of hydrogen-bond donors (Lipinski definition) is 0. The van der Waals surface area contributed by atoms with Crippen molar-refractivity contribution in [2.45, 2.75) is 217 Å². The van der Waals surface area contributed by atoms with Crippen molar-refractivity contribution in [3.8, 4) is 0 Å². The summed E-state index contributed by atoms with van der Waals surface area (Å²) in [4.78, 5) is 0. The van der Waals surface area contributed by atoms with Gasteiger partial charge in [-0.2, -0.15) is 0 Å². The van der Waals surface area contributed by atoms with Crippen LogP contribution in [0.5, 0.6) is 0 Å². The third kappa shape index (κ3) is 8.59. The fourth-order valence-electron chi connectivity index (χ4n) is 12.0. The molecule has 0 aromatic heterocycles. The Morgan fingerprint density at radius 2 is 0.727 bits per heavy atom. The van der Waals surface area contributed by atoms with Crippen LogP contribution in [0.1, 0.15) is 213 Å². The number of unbranched alkanes of at least 4 members (excludes halogenated alkanes) is 10. The first-order chi connectivity index (χ1) is 21.4. The molecule has 0 amide bonds. The Kier molecular flexibility index (Phi) is 14.1. The van der Waals surface area contributed by atoms with Gasteiger partial charge in [0, 0.05) is 10.8 Å². The molecule has 2 spiro atoms. The third-order valence-corrected chi connectivity index (χ3v) is 16.6. The van der Waals surface area contributed by atoms with Gasteiger partial charge in [-0.15, -0.1) is 23.2 Å². The SMILES string of the molecule is CCCCCCCCCC[C@H]1CC[C@H](C2CCC3(CC2)CC2(CCC([C@H]4CC[C@H](CCCCCC)CC4)CC2)C3(Cl)Cl)CC1. The maximum Gasteiger partial charge on any atom is 0.129 e. The Labute approximate surface area is 285 Å². The third-order valence-electron chi connectivity index (χ3n) is 15.0. The summed E-state index contributed by atoms with van der Waals surface area (Å²) in [6, 6.07) is 0. The highest BCUT2D eigenvalue weighted by molar-refractivity contribution is 6.50. The second-order valence-electron chi connectivity index (χ2n) is 17.7. The molecule has 0 atom stereocenters. The van der Waals surface area contributed by atoms with E-state index in [1.54, 1.807) is 0 Å². The van der Waals surface area contributed by atoms with Crippen LogP contribution in [0, 0.1) is 46.3 Å². The molecule has 0 aliphatic heterocycles. The molecule has 44 heavy (non-hydrogen) atoms. The van der Waals surface area contributed by atoms with Gasteiger partial charge in [-0.3, -0.25) is 0 Å². The zero-order valence-corrected chi connectivity index (χ0v) is 31.2. The summed E-state index contributed by atoms with van der Waals surface area (Å²) in [7, 11) is 0. The van der Waals surface area contributed by atoms with Crippen LogP contribution in [0.3, 0.4) is 0 Å². The van der Waals surface area contributed by atoms with Gasteiger partial charge in [0.25, 0.3) is 0 Å². The van der Waals surface area contributed by atoms with Crippen molar-refractivity contribution in [1.29, 1.82) is 0 Å². The number of hydrogen-bond acceptors (Lipinski definition) is 0. The molecule has 256 valence electrons. The largest absolute Gasteiger partial charge is 0.129 e. The zero-order chi connectivity index (χ0) is 30.9. The number of rotatable bonds is 16. The monoisotopic (exact) mass is 649 g/mol. The van der Waals surface area contributed by atoms with Gasteiger partial charge in [-0.25, -0.2) is 0 Å². The molecule has 0 bridgehead atoms. The van der Waals surface area contributed by atoms with Gasteiger partial charge in [0.2, 0.25) is 0 Å². The van der Waals surface area contributed by atoms with E-state index in [4.69, 9.17) is 23.2 Å². The molecule has 0 unspecified atom stereocenters. The van der Waals surface area contributed by atoms with E-state index in [1.807, 2.05) is 0 Å². The van der Waals surface area contributed by atoms with E-state index in [2.05, 4.69) is 13.8 Å². The van der Waals surface area contributed by atoms with Crippen LogP contribution < -0.4 is 0 Å². The lowest BCUT2D eigenvalue weighted by atomic mass is 9.42. The van der Waals surface area contributed by atoms with Crippen molar-refractivity contribution in [1.82, 2.24) is 0 Å². The Hall–Kier alpha value is 0.580. The Morgan fingerprint density at radius 1 is 0.409 bits per heavy atom. The van der Waals surface area contributed by atoms with Crippen LogP contribution >= 0.6 is 23.2 Å². The summed E-state index contributed by atoms with van der Waals surface area (Å²) >= 11 is 15.0.